The van der Waals surface area contributed by atoms with E-state index in [1.165, 1.54) is 4.90 Å². The minimum absolute atomic E-state index is 0.0463. The molecular formula is C54H41N3O7. The van der Waals surface area contributed by atoms with Gasteiger partial charge in [-0.2, -0.15) is 0 Å². The number of hydrogen-bond acceptors (Lipinski definition) is 9. The lowest BCUT2D eigenvalue weighted by molar-refractivity contribution is 0.112. The maximum atomic E-state index is 12.3. The third kappa shape index (κ3) is 5.84. The lowest BCUT2D eigenvalue weighted by Crippen LogP contribution is -2.30. The molecule has 0 saturated heterocycles. The molecule has 10 heteroatoms. The van der Waals surface area contributed by atoms with E-state index < -0.39 is 46.5 Å². The van der Waals surface area contributed by atoms with Crippen LogP contribution >= 0.6 is 0 Å². The Morgan fingerprint density at radius 3 is 1.72 bits per heavy atom. The van der Waals surface area contributed by atoms with Gasteiger partial charge in [-0.1, -0.05) is 91.0 Å². The van der Waals surface area contributed by atoms with Crippen molar-refractivity contribution in [3.63, 3.8) is 0 Å². The summed E-state index contributed by atoms with van der Waals surface area (Å²) >= 11 is 0. The van der Waals surface area contributed by atoms with Crippen molar-refractivity contribution in [2.24, 2.45) is 0 Å². The molecule has 1 aliphatic heterocycles. The number of allylic oxidation sites excluding steroid dienone is 1. The van der Waals surface area contributed by atoms with Crippen LogP contribution in [0.25, 0.3) is 39.4 Å². The Morgan fingerprint density at radius 1 is 0.531 bits per heavy atom. The Kier molecular flexibility index (Phi) is 9.00. The quantitative estimate of drug-likeness (QED) is 0.0614. The number of phenolic OH excluding ortho intramolecular Hbond substituents is 3. The highest BCUT2D eigenvalue weighted by Crippen LogP contribution is 2.64. The molecule has 0 amide bonds. The molecule has 7 N–H and O–H groups in total. The summed E-state index contributed by atoms with van der Waals surface area (Å²) in [4.78, 5) is 3.59. The molecule has 64 heavy (non-hydrogen) atoms. The van der Waals surface area contributed by atoms with Gasteiger partial charge in [0.25, 0.3) is 0 Å². The summed E-state index contributed by atoms with van der Waals surface area (Å²) < 4.78 is 2.24. The molecule has 7 aromatic carbocycles. The Morgan fingerprint density at radius 2 is 1.09 bits per heavy atom. The number of benzene rings is 7. The van der Waals surface area contributed by atoms with Crippen molar-refractivity contribution >= 4 is 51.0 Å². The maximum Gasteiger partial charge on any atom is 0.200 e. The molecule has 11 rings (SSSR count). The second-order valence-corrected chi connectivity index (χ2v) is 16.2. The fraction of sp³-hybridized carbons (Fsp3) is 0.0741. The molecular weight excluding hydrogens is 803 g/mol. The van der Waals surface area contributed by atoms with Crippen molar-refractivity contribution in [2.45, 2.75) is 24.9 Å². The minimum Gasteiger partial charge on any atom is -0.507 e. The summed E-state index contributed by atoms with van der Waals surface area (Å²) in [5.74, 6) is -5.63. The van der Waals surface area contributed by atoms with E-state index in [2.05, 4.69) is 76.2 Å². The number of anilines is 5. The van der Waals surface area contributed by atoms with Gasteiger partial charge in [-0.25, -0.2) is 0 Å². The molecule has 2 aliphatic carbocycles. The number of rotatable bonds is 7. The molecule has 2 heterocycles. The molecule has 2 atom stereocenters. The first-order valence-corrected chi connectivity index (χ1v) is 21.0. The average Bonchev–Trinajstić information content (AvgIpc) is 3.87. The molecule has 0 radical (unpaired) electrons. The van der Waals surface area contributed by atoms with E-state index in [0.29, 0.717) is 11.3 Å². The molecule has 2 unspecified atom stereocenters. The predicted molar refractivity (Wildman–Crippen MR) is 250 cm³/mol. The third-order valence-corrected chi connectivity index (χ3v) is 12.7. The zero-order valence-electron chi connectivity index (χ0n) is 34.2. The molecule has 314 valence electrons. The van der Waals surface area contributed by atoms with Crippen LogP contribution in [0.4, 0.5) is 28.4 Å². The number of aliphatic hydroxyl groups excluding tert-OH is 4. The molecule has 0 fully saturated rings. The predicted octanol–water partition coefficient (Wildman–Crippen LogP) is 12.1. The minimum atomic E-state index is -1.81. The summed E-state index contributed by atoms with van der Waals surface area (Å²) in [6, 6.07) is 53.3. The van der Waals surface area contributed by atoms with Crippen LogP contribution in [-0.2, 0) is 6.42 Å². The maximum absolute atomic E-state index is 12.3. The Balaban J connectivity index is 1.06. The first-order valence-electron chi connectivity index (χ1n) is 21.0. The fourth-order valence-corrected chi connectivity index (χ4v) is 9.81. The highest BCUT2D eigenvalue weighted by molar-refractivity contribution is 6.03. The van der Waals surface area contributed by atoms with Gasteiger partial charge in [0.15, 0.2) is 23.0 Å². The Labute approximate surface area is 368 Å². The molecule has 8 aromatic rings. The van der Waals surface area contributed by atoms with Gasteiger partial charge >= 0.3 is 0 Å². The molecule has 1 aromatic heterocycles. The van der Waals surface area contributed by atoms with E-state index in [9.17, 15) is 35.7 Å². The van der Waals surface area contributed by atoms with Crippen LogP contribution in [0.5, 0.6) is 17.2 Å². The summed E-state index contributed by atoms with van der Waals surface area (Å²) in [5.41, 5.74) is 9.72. The number of phenols is 3. The smallest absolute Gasteiger partial charge is 0.200 e. The molecule has 10 nitrogen and oxygen atoms in total. The normalized spacial score (nSPS) is 16.7. The first kappa shape index (κ1) is 38.6. The molecule has 0 bridgehead atoms. The monoisotopic (exact) mass is 843 g/mol. The number of hydrogen-bond donors (Lipinski definition) is 7. The zero-order valence-corrected chi connectivity index (χ0v) is 34.2. The van der Waals surface area contributed by atoms with Gasteiger partial charge in [0.1, 0.15) is 11.9 Å². The standard InChI is InChI=1S/C54H41N3O7/c58-48-43(49(59)51(61)46-44(48)45-47(52(62)54(64)53(63)50(45)60)57(46)37-19-11-4-12-20-37)33-24-28-42-40(30-33)39-29-32(23-27-41(39)56(42)36-17-9-3-10-18-36)31-21-25-38(26-22-31)55(34-13-5-1-6-14-34)35-15-7-2-8-16-35/h1-22,24-26,28-30,45,50,58-64H,23,27H2. The van der Waals surface area contributed by atoms with Crippen LogP contribution in [0.3, 0.4) is 0 Å². The van der Waals surface area contributed by atoms with Crippen molar-refractivity contribution in [2.75, 3.05) is 9.80 Å². The van der Waals surface area contributed by atoms with Crippen LogP contribution < -0.4 is 9.80 Å². The number of fused-ring (bicyclic) bond motifs is 6. The van der Waals surface area contributed by atoms with Gasteiger partial charge in [-0.15, -0.1) is 0 Å². The number of nitrogens with zero attached hydrogens (tertiary/aromatic N) is 3. The zero-order chi connectivity index (χ0) is 43.8. The lowest BCUT2D eigenvalue weighted by Gasteiger charge is -2.29. The topological polar surface area (TPSA) is 153 Å². The molecule has 0 saturated carbocycles. The van der Waals surface area contributed by atoms with E-state index >= 15 is 0 Å². The van der Waals surface area contributed by atoms with Crippen LogP contribution in [-0.4, -0.2) is 46.4 Å². The van der Waals surface area contributed by atoms with Crippen LogP contribution in [0, 0.1) is 0 Å². The van der Waals surface area contributed by atoms with Crippen LogP contribution in [0.1, 0.15) is 34.7 Å². The van der Waals surface area contributed by atoms with E-state index in [0.717, 1.165) is 68.9 Å². The van der Waals surface area contributed by atoms with Crippen LogP contribution in [0.15, 0.2) is 187 Å². The fourth-order valence-electron chi connectivity index (χ4n) is 9.81. The van der Waals surface area contributed by atoms with Gasteiger partial charge in [-0.3, -0.25) is 0 Å². The largest absolute Gasteiger partial charge is 0.507 e. The van der Waals surface area contributed by atoms with Gasteiger partial charge < -0.3 is 50.1 Å². The van der Waals surface area contributed by atoms with E-state index in [1.54, 1.807) is 36.4 Å². The van der Waals surface area contributed by atoms with Crippen LogP contribution in [0.2, 0.25) is 0 Å². The highest BCUT2D eigenvalue weighted by atomic mass is 16.4. The summed E-state index contributed by atoms with van der Waals surface area (Å²) in [6.45, 7) is 0. The molecule has 0 spiro atoms. The van der Waals surface area contributed by atoms with Crippen molar-refractivity contribution in [3.05, 3.63) is 209 Å². The van der Waals surface area contributed by atoms with Crippen molar-refractivity contribution in [1.82, 2.24) is 4.57 Å². The number of aliphatic hydroxyl groups is 4. The Bertz CT molecular complexity index is 3200. The van der Waals surface area contributed by atoms with Crippen molar-refractivity contribution < 1.29 is 35.7 Å². The van der Waals surface area contributed by atoms with Gasteiger partial charge in [0, 0.05) is 50.6 Å². The second kappa shape index (κ2) is 14.9. The SMILES string of the molecule is OC1=C(O)C(O)C2C(=C1O)N(c1ccccc1)c1c(O)c(O)c(-c3ccc4c(c3)c3c(n4-c4ccccc4)CCC(c4ccc(N(c5ccccc5)c5ccccc5)cc4)=C3)c(O)c12. The Hall–Kier alpha value is -8.34. The summed E-state index contributed by atoms with van der Waals surface area (Å²) in [7, 11) is 0. The summed E-state index contributed by atoms with van der Waals surface area (Å²) in [5, 5.41) is 81.2. The van der Waals surface area contributed by atoms with Gasteiger partial charge in [-0.05, 0) is 108 Å². The van der Waals surface area contributed by atoms with Gasteiger partial charge in [0.05, 0.1) is 28.4 Å². The van der Waals surface area contributed by atoms with Crippen molar-refractivity contribution in [1.29, 1.82) is 0 Å². The lowest BCUT2D eigenvalue weighted by atomic mass is 9.84. The van der Waals surface area contributed by atoms with E-state index in [4.69, 9.17) is 0 Å². The number of para-hydroxylation sites is 4. The van der Waals surface area contributed by atoms with E-state index in [1.807, 2.05) is 66.7 Å². The average molecular weight is 844 g/mol. The highest BCUT2D eigenvalue weighted by Gasteiger charge is 2.51. The van der Waals surface area contributed by atoms with Crippen molar-refractivity contribution in [3.8, 4) is 34.1 Å². The van der Waals surface area contributed by atoms with E-state index in [-0.39, 0.29) is 22.5 Å². The molecule has 3 aliphatic rings. The number of aromatic nitrogens is 1. The third-order valence-electron chi connectivity index (χ3n) is 12.7. The van der Waals surface area contributed by atoms with Gasteiger partial charge in [0.2, 0.25) is 5.76 Å². The number of aromatic hydroxyl groups is 3. The second-order valence-electron chi connectivity index (χ2n) is 16.2. The first-order chi connectivity index (χ1) is 31.2. The summed E-state index contributed by atoms with van der Waals surface area (Å²) in [6.07, 6.45) is 1.91.